The second-order valence-corrected chi connectivity index (χ2v) is 8.06. The Balaban J connectivity index is 2.37. The molecular weight excluding hydrogens is 306 g/mol. The van der Waals surface area contributed by atoms with E-state index in [2.05, 4.69) is 15.0 Å². The van der Waals surface area contributed by atoms with E-state index >= 15 is 0 Å². The van der Waals surface area contributed by atoms with Crippen LogP contribution in [0.3, 0.4) is 0 Å². The SMILES string of the molecule is CC1(C)CC(N=[N+]=[N-])C(O)CN(S(=O)(=O)c2ccccn2)C1. The maximum absolute atomic E-state index is 12.7. The van der Waals surface area contributed by atoms with Crippen molar-refractivity contribution in [2.45, 2.75) is 37.4 Å². The highest BCUT2D eigenvalue weighted by atomic mass is 32.2. The number of pyridine rings is 1. The second-order valence-electron chi connectivity index (χ2n) is 6.17. The molecule has 0 spiro atoms. The van der Waals surface area contributed by atoms with E-state index in [9.17, 15) is 13.5 Å². The first-order chi connectivity index (χ1) is 10.3. The van der Waals surface area contributed by atoms with Crippen LogP contribution in [-0.2, 0) is 10.0 Å². The molecule has 2 atom stereocenters. The molecule has 2 unspecified atom stereocenters. The standard InChI is InChI=1S/C13H19N5O3S/c1-13(2)7-10(16-17-14)11(19)8-18(9-13)22(20,21)12-5-3-4-6-15-12/h3-6,10-11,19H,7-9H2,1-2H3. The van der Waals surface area contributed by atoms with Crippen molar-refractivity contribution < 1.29 is 13.5 Å². The molecule has 2 rings (SSSR count). The van der Waals surface area contributed by atoms with Crippen LogP contribution in [0.5, 0.6) is 0 Å². The van der Waals surface area contributed by atoms with E-state index in [1.165, 1.54) is 16.6 Å². The predicted octanol–water partition coefficient (Wildman–Crippen LogP) is 1.54. The zero-order valence-electron chi connectivity index (χ0n) is 12.5. The van der Waals surface area contributed by atoms with Crippen LogP contribution in [0.4, 0.5) is 0 Å². The number of nitrogens with zero attached hydrogens (tertiary/aromatic N) is 5. The summed E-state index contributed by atoms with van der Waals surface area (Å²) in [5.41, 5.74) is 8.18. The summed E-state index contributed by atoms with van der Waals surface area (Å²) in [6, 6.07) is 4.01. The predicted molar refractivity (Wildman–Crippen MR) is 80.3 cm³/mol. The lowest BCUT2D eigenvalue weighted by atomic mass is 9.86. The lowest BCUT2D eigenvalue weighted by Crippen LogP contribution is -2.41. The molecule has 1 aliphatic heterocycles. The molecule has 2 heterocycles. The van der Waals surface area contributed by atoms with Crippen molar-refractivity contribution >= 4 is 10.0 Å². The largest absolute Gasteiger partial charge is 0.391 e. The van der Waals surface area contributed by atoms with Crippen LogP contribution >= 0.6 is 0 Å². The van der Waals surface area contributed by atoms with E-state index < -0.39 is 27.6 Å². The Morgan fingerprint density at radius 2 is 2.23 bits per heavy atom. The summed E-state index contributed by atoms with van der Waals surface area (Å²) in [6.45, 7) is 3.87. The number of azide groups is 1. The van der Waals surface area contributed by atoms with Gasteiger partial charge in [-0.15, -0.1) is 0 Å². The summed E-state index contributed by atoms with van der Waals surface area (Å²) in [5, 5.41) is 13.7. The number of sulfonamides is 1. The van der Waals surface area contributed by atoms with Crippen LogP contribution in [0.25, 0.3) is 10.4 Å². The molecule has 22 heavy (non-hydrogen) atoms. The number of rotatable bonds is 3. The summed E-state index contributed by atoms with van der Waals surface area (Å²) >= 11 is 0. The third kappa shape index (κ3) is 3.56. The van der Waals surface area contributed by atoms with Gasteiger partial charge in [-0.3, -0.25) is 0 Å². The first-order valence-electron chi connectivity index (χ1n) is 6.90. The molecule has 0 amide bonds. The van der Waals surface area contributed by atoms with E-state index in [4.69, 9.17) is 5.53 Å². The molecule has 9 heteroatoms. The van der Waals surface area contributed by atoms with Gasteiger partial charge in [-0.2, -0.15) is 4.31 Å². The van der Waals surface area contributed by atoms with Gasteiger partial charge in [0.1, 0.15) is 0 Å². The van der Waals surface area contributed by atoms with Gasteiger partial charge in [0.25, 0.3) is 10.0 Å². The highest BCUT2D eigenvalue weighted by molar-refractivity contribution is 7.89. The van der Waals surface area contributed by atoms with E-state index in [-0.39, 0.29) is 18.1 Å². The van der Waals surface area contributed by atoms with Gasteiger partial charge >= 0.3 is 0 Å². The molecule has 0 aliphatic carbocycles. The Bertz CT molecular complexity index is 670. The quantitative estimate of drug-likeness (QED) is 0.515. The molecule has 1 aliphatic rings. The van der Waals surface area contributed by atoms with E-state index in [1.807, 2.05) is 13.8 Å². The molecule has 1 aromatic heterocycles. The third-order valence-electron chi connectivity index (χ3n) is 3.64. The fourth-order valence-corrected chi connectivity index (χ4v) is 4.22. The van der Waals surface area contributed by atoms with Gasteiger partial charge in [-0.1, -0.05) is 25.0 Å². The van der Waals surface area contributed by atoms with Crippen molar-refractivity contribution in [3.8, 4) is 0 Å². The van der Waals surface area contributed by atoms with Crippen molar-refractivity contribution in [1.29, 1.82) is 0 Å². The summed E-state index contributed by atoms with van der Waals surface area (Å²) in [5.74, 6) is 0. The topological polar surface area (TPSA) is 119 Å². The number of aromatic nitrogens is 1. The van der Waals surface area contributed by atoms with E-state index in [1.54, 1.807) is 12.1 Å². The van der Waals surface area contributed by atoms with Crippen LogP contribution in [-0.4, -0.2) is 48.0 Å². The highest BCUT2D eigenvalue weighted by Crippen LogP contribution is 2.32. The summed E-state index contributed by atoms with van der Waals surface area (Å²) in [7, 11) is -3.80. The van der Waals surface area contributed by atoms with Crippen LogP contribution in [0, 0.1) is 5.41 Å². The van der Waals surface area contributed by atoms with Crippen LogP contribution < -0.4 is 0 Å². The van der Waals surface area contributed by atoms with Gasteiger partial charge in [0, 0.05) is 24.2 Å². The van der Waals surface area contributed by atoms with Gasteiger partial charge in [-0.05, 0) is 29.5 Å². The molecule has 0 bridgehead atoms. The second kappa shape index (κ2) is 6.21. The van der Waals surface area contributed by atoms with Gasteiger partial charge in [-0.25, -0.2) is 13.4 Å². The maximum atomic E-state index is 12.7. The minimum Gasteiger partial charge on any atom is -0.391 e. The molecule has 8 nitrogen and oxygen atoms in total. The van der Waals surface area contributed by atoms with Crippen molar-refractivity contribution in [1.82, 2.24) is 9.29 Å². The molecule has 120 valence electrons. The Morgan fingerprint density at radius 3 is 2.82 bits per heavy atom. The van der Waals surface area contributed by atoms with Crippen molar-refractivity contribution in [3.63, 3.8) is 0 Å². The highest BCUT2D eigenvalue weighted by Gasteiger charge is 2.39. The summed E-state index contributed by atoms with van der Waals surface area (Å²) in [4.78, 5) is 6.64. The fraction of sp³-hybridized carbons (Fsp3) is 0.615. The van der Waals surface area contributed by atoms with Gasteiger partial charge in [0.15, 0.2) is 5.03 Å². The average molecular weight is 325 g/mol. The number of aliphatic hydroxyl groups is 1. The smallest absolute Gasteiger partial charge is 0.260 e. The van der Waals surface area contributed by atoms with Crippen LogP contribution in [0.2, 0.25) is 0 Å². The minimum absolute atomic E-state index is 0.0553. The zero-order valence-corrected chi connectivity index (χ0v) is 13.3. The van der Waals surface area contributed by atoms with Crippen LogP contribution in [0.1, 0.15) is 20.3 Å². The molecule has 0 aromatic carbocycles. The number of hydrogen-bond acceptors (Lipinski definition) is 5. The Morgan fingerprint density at radius 1 is 1.50 bits per heavy atom. The van der Waals surface area contributed by atoms with E-state index in [0.29, 0.717) is 6.42 Å². The first-order valence-corrected chi connectivity index (χ1v) is 8.34. The first kappa shape index (κ1) is 16.7. The molecule has 1 saturated heterocycles. The number of aliphatic hydroxyl groups excluding tert-OH is 1. The fourth-order valence-electron chi connectivity index (χ4n) is 2.64. The van der Waals surface area contributed by atoms with Gasteiger partial charge in [0.2, 0.25) is 0 Å². The molecular formula is C13H19N5O3S. The monoisotopic (exact) mass is 325 g/mol. The van der Waals surface area contributed by atoms with Crippen molar-refractivity contribution in [3.05, 3.63) is 34.8 Å². The van der Waals surface area contributed by atoms with E-state index in [0.717, 1.165) is 0 Å². The lowest BCUT2D eigenvalue weighted by molar-refractivity contribution is 0.129. The summed E-state index contributed by atoms with van der Waals surface area (Å²) < 4.78 is 26.6. The Hall–Kier alpha value is -1.67. The lowest BCUT2D eigenvalue weighted by Gasteiger charge is -2.28. The Kier molecular flexibility index (Phi) is 4.72. The number of hydrogen-bond donors (Lipinski definition) is 1. The average Bonchev–Trinajstić information content (AvgIpc) is 2.57. The number of β-amino-alcohol motifs (C(OH)–C–C–N with tert-alkyl or cyclic N) is 1. The third-order valence-corrected chi connectivity index (χ3v) is 5.37. The molecule has 1 N–H and O–H groups in total. The normalized spacial score (nSPS) is 26.0. The van der Waals surface area contributed by atoms with Crippen molar-refractivity contribution in [2.24, 2.45) is 10.5 Å². The zero-order chi connectivity index (χ0) is 16.4. The molecule has 1 aromatic rings. The molecule has 0 saturated carbocycles. The minimum atomic E-state index is -3.80. The Labute approximate surface area is 129 Å². The summed E-state index contributed by atoms with van der Waals surface area (Å²) in [6.07, 6.45) is 0.776. The molecule has 1 fully saturated rings. The van der Waals surface area contributed by atoms with Crippen LogP contribution in [0.15, 0.2) is 34.5 Å². The van der Waals surface area contributed by atoms with Gasteiger partial charge in [0.05, 0.1) is 12.1 Å². The van der Waals surface area contributed by atoms with Crippen molar-refractivity contribution in [2.75, 3.05) is 13.1 Å². The molecule has 0 radical (unpaired) electrons. The maximum Gasteiger partial charge on any atom is 0.260 e. The van der Waals surface area contributed by atoms with Gasteiger partial charge < -0.3 is 5.11 Å².